The summed E-state index contributed by atoms with van der Waals surface area (Å²) in [5.74, 6) is -0.900. The van der Waals surface area contributed by atoms with Crippen LogP contribution in [0.2, 0.25) is 10.0 Å². The van der Waals surface area contributed by atoms with Crippen LogP contribution in [0.25, 0.3) is 0 Å². The lowest BCUT2D eigenvalue weighted by Gasteiger charge is -2.19. The molecule has 6 heteroatoms. The third-order valence-electron chi connectivity index (χ3n) is 2.62. The van der Waals surface area contributed by atoms with Crippen LogP contribution in [-0.4, -0.2) is 18.2 Å². The lowest BCUT2D eigenvalue weighted by molar-refractivity contribution is -0.138. The van der Waals surface area contributed by atoms with Crippen LogP contribution in [0.5, 0.6) is 5.75 Å². The van der Waals surface area contributed by atoms with Crippen molar-refractivity contribution in [1.82, 2.24) is 0 Å². The number of benzene rings is 1. The van der Waals surface area contributed by atoms with Crippen LogP contribution in [0, 0.1) is 13.8 Å². The van der Waals surface area contributed by atoms with E-state index in [1.807, 2.05) is 0 Å². The van der Waals surface area contributed by atoms with E-state index < -0.39 is 12.0 Å². The largest absolute Gasteiger partial charge is 0.495 e. The van der Waals surface area contributed by atoms with Gasteiger partial charge in [-0.25, -0.2) is 0 Å². The number of nitrogens with two attached hydrogens (primary N) is 1. The zero-order valence-corrected chi connectivity index (χ0v) is 11.2. The number of hydrogen-bond donors (Lipinski definition) is 2. The monoisotopic (exact) mass is 277 g/mol. The predicted octanol–water partition coefficient (Wildman–Crippen LogP) is 2.70. The Morgan fingerprint density at radius 2 is 1.82 bits per heavy atom. The maximum absolute atomic E-state index is 11.0. The van der Waals surface area contributed by atoms with Gasteiger partial charge in [0.15, 0.2) is 0 Å². The fourth-order valence-electron chi connectivity index (χ4n) is 1.65. The molecule has 94 valence electrons. The Hall–Kier alpha value is -0.970. The van der Waals surface area contributed by atoms with Crippen molar-refractivity contribution in [3.05, 3.63) is 26.7 Å². The molecule has 0 aliphatic heterocycles. The summed E-state index contributed by atoms with van der Waals surface area (Å²) < 4.78 is 5.13. The molecule has 0 aliphatic rings. The van der Waals surface area contributed by atoms with Crippen molar-refractivity contribution < 1.29 is 14.6 Å². The summed E-state index contributed by atoms with van der Waals surface area (Å²) in [6, 6.07) is -1.22. The lowest BCUT2D eigenvalue weighted by Crippen LogP contribution is -2.23. The average molecular weight is 278 g/mol. The Kier molecular flexibility index (Phi) is 4.25. The van der Waals surface area contributed by atoms with E-state index in [1.54, 1.807) is 13.8 Å². The van der Waals surface area contributed by atoms with Gasteiger partial charge < -0.3 is 15.6 Å². The topological polar surface area (TPSA) is 72.5 Å². The summed E-state index contributed by atoms with van der Waals surface area (Å²) in [5.41, 5.74) is 7.12. The van der Waals surface area contributed by atoms with Gasteiger partial charge in [-0.2, -0.15) is 0 Å². The highest BCUT2D eigenvalue weighted by Crippen LogP contribution is 2.41. The molecule has 0 saturated carbocycles. The smallest absolute Gasteiger partial charge is 0.325 e. The van der Waals surface area contributed by atoms with Crippen molar-refractivity contribution in [2.24, 2.45) is 5.73 Å². The molecule has 0 amide bonds. The first-order valence-electron chi connectivity index (χ1n) is 4.83. The molecule has 1 atom stereocenters. The highest BCUT2D eigenvalue weighted by atomic mass is 35.5. The normalized spacial score (nSPS) is 12.4. The van der Waals surface area contributed by atoms with Gasteiger partial charge in [0.05, 0.1) is 12.1 Å². The van der Waals surface area contributed by atoms with Gasteiger partial charge in [-0.3, -0.25) is 4.79 Å². The van der Waals surface area contributed by atoms with E-state index in [9.17, 15) is 4.79 Å². The zero-order chi connectivity index (χ0) is 13.3. The number of carboxylic acids is 1. The molecule has 1 aromatic rings. The van der Waals surface area contributed by atoms with E-state index >= 15 is 0 Å². The van der Waals surface area contributed by atoms with E-state index in [4.69, 9.17) is 38.8 Å². The summed E-state index contributed by atoms with van der Waals surface area (Å²) in [6.07, 6.45) is 0. The summed E-state index contributed by atoms with van der Waals surface area (Å²) in [4.78, 5) is 11.0. The van der Waals surface area contributed by atoms with Gasteiger partial charge in [-0.1, -0.05) is 23.2 Å². The van der Waals surface area contributed by atoms with E-state index in [2.05, 4.69) is 0 Å². The molecule has 4 nitrogen and oxygen atoms in total. The fraction of sp³-hybridized carbons (Fsp3) is 0.364. The van der Waals surface area contributed by atoms with Gasteiger partial charge in [0, 0.05) is 10.6 Å². The first-order chi connectivity index (χ1) is 7.82. The quantitative estimate of drug-likeness (QED) is 0.891. The first-order valence-corrected chi connectivity index (χ1v) is 5.58. The molecular formula is C11H13Cl2NO3. The third-order valence-corrected chi connectivity index (χ3v) is 3.64. The number of carboxylic acid groups (broad SMARTS) is 1. The van der Waals surface area contributed by atoms with Crippen LogP contribution in [0.3, 0.4) is 0 Å². The number of halogens is 2. The Labute approximate surface area is 109 Å². The minimum Gasteiger partial charge on any atom is -0.495 e. The van der Waals surface area contributed by atoms with Gasteiger partial charge in [0.25, 0.3) is 0 Å². The molecule has 0 saturated heterocycles. The summed E-state index contributed by atoms with van der Waals surface area (Å²) >= 11 is 12.1. The molecule has 0 aromatic heterocycles. The molecule has 0 fully saturated rings. The van der Waals surface area contributed by atoms with Crippen LogP contribution < -0.4 is 10.5 Å². The summed E-state index contributed by atoms with van der Waals surface area (Å²) in [7, 11) is 1.41. The molecule has 17 heavy (non-hydrogen) atoms. The van der Waals surface area contributed by atoms with Gasteiger partial charge in [-0.05, 0) is 25.0 Å². The van der Waals surface area contributed by atoms with Crippen LogP contribution in [0.15, 0.2) is 0 Å². The van der Waals surface area contributed by atoms with Gasteiger partial charge >= 0.3 is 5.97 Å². The Morgan fingerprint density at radius 3 is 2.24 bits per heavy atom. The van der Waals surface area contributed by atoms with E-state index in [0.717, 1.165) is 0 Å². The molecule has 1 rings (SSSR count). The maximum atomic E-state index is 11.0. The van der Waals surface area contributed by atoms with Gasteiger partial charge in [0.1, 0.15) is 11.8 Å². The number of rotatable bonds is 3. The summed E-state index contributed by atoms with van der Waals surface area (Å²) in [5, 5.41) is 9.66. The Balaban J connectivity index is 3.63. The number of aliphatic carboxylic acids is 1. The number of methoxy groups -OCH3 is 1. The van der Waals surface area contributed by atoms with Crippen LogP contribution >= 0.6 is 23.2 Å². The van der Waals surface area contributed by atoms with Crippen LogP contribution in [-0.2, 0) is 4.79 Å². The number of carbonyl (C=O) groups is 1. The highest BCUT2D eigenvalue weighted by molar-refractivity contribution is 6.37. The second kappa shape index (κ2) is 5.12. The Morgan fingerprint density at radius 1 is 1.29 bits per heavy atom. The van der Waals surface area contributed by atoms with E-state index in [0.29, 0.717) is 21.7 Å². The molecule has 1 aromatic carbocycles. The standard InChI is InChI=1S/C11H13Cl2NO3/c1-4-6(9(14)11(15)16)10(17-3)8(13)5(2)7(4)12/h9H,14H2,1-3H3,(H,15,16)/t9-/m0/s1. The van der Waals surface area contributed by atoms with Gasteiger partial charge in [-0.15, -0.1) is 0 Å². The zero-order valence-electron chi connectivity index (χ0n) is 9.67. The Bertz CT molecular complexity index is 475. The number of ether oxygens (including phenoxy) is 1. The van der Waals surface area contributed by atoms with Crippen molar-refractivity contribution in [2.45, 2.75) is 19.9 Å². The van der Waals surface area contributed by atoms with Crippen molar-refractivity contribution in [2.75, 3.05) is 7.11 Å². The second-order valence-corrected chi connectivity index (χ2v) is 4.40. The predicted molar refractivity (Wildman–Crippen MR) is 67.1 cm³/mol. The second-order valence-electron chi connectivity index (χ2n) is 3.64. The fourth-order valence-corrected chi connectivity index (χ4v) is 2.17. The van der Waals surface area contributed by atoms with Crippen molar-refractivity contribution in [1.29, 1.82) is 0 Å². The lowest BCUT2D eigenvalue weighted by atomic mass is 9.98. The van der Waals surface area contributed by atoms with Crippen molar-refractivity contribution in [3.8, 4) is 5.75 Å². The molecule has 0 radical (unpaired) electrons. The van der Waals surface area contributed by atoms with Crippen molar-refractivity contribution >= 4 is 29.2 Å². The summed E-state index contributed by atoms with van der Waals surface area (Å²) in [6.45, 7) is 3.42. The molecule has 3 N–H and O–H groups in total. The van der Waals surface area contributed by atoms with E-state index in [1.165, 1.54) is 7.11 Å². The molecule has 0 aliphatic carbocycles. The SMILES string of the molecule is COc1c(Cl)c(C)c(Cl)c(C)c1[C@H](N)C(=O)O. The first kappa shape index (κ1) is 14.1. The molecule has 0 bridgehead atoms. The van der Waals surface area contributed by atoms with Crippen LogP contribution in [0.4, 0.5) is 0 Å². The number of hydrogen-bond acceptors (Lipinski definition) is 3. The third kappa shape index (κ3) is 2.34. The molecule has 0 spiro atoms. The van der Waals surface area contributed by atoms with Crippen molar-refractivity contribution in [3.63, 3.8) is 0 Å². The van der Waals surface area contributed by atoms with Crippen LogP contribution in [0.1, 0.15) is 22.7 Å². The minimum atomic E-state index is -1.22. The maximum Gasteiger partial charge on any atom is 0.325 e. The molecular weight excluding hydrogens is 265 g/mol. The molecule has 0 unspecified atom stereocenters. The van der Waals surface area contributed by atoms with E-state index in [-0.39, 0.29) is 10.8 Å². The highest BCUT2D eigenvalue weighted by Gasteiger charge is 2.26. The van der Waals surface area contributed by atoms with Gasteiger partial charge in [0.2, 0.25) is 0 Å². The average Bonchev–Trinajstić information content (AvgIpc) is 2.29. The minimum absolute atomic E-state index is 0.265. The molecule has 0 heterocycles.